The van der Waals surface area contributed by atoms with Crippen LogP contribution in [-0.2, 0) is 4.79 Å². The zero-order valence-electron chi connectivity index (χ0n) is 13.0. The van der Waals surface area contributed by atoms with E-state index in [1.165, 1.54) is 6.42 Å². The first-order valence-electron chi connectivity index (χ1n) is 7.83. The summed E-state index contributed by atoms with van der Waals surface area (Å²) in [6.07, 6.45) is 7.93. The number of likely N-dealkylation sites (tertiary alicyclic amines) is 1. The van der Waals surface area contributed by atoms with E-state index in [4.69, 9.17) is 10.00 Å². The Labute approximate surface area is 132 Å². The van der Waals surface area contributed by atoms with E-state index in [9.17, 15) is 4.79 Å². The van der Waals surface area contributed by atoms with Gasteiger partial charge in [0.25, 0.3) is 0 Å². The zero-order chi connectivity index (χ0) is 15.8. The minimum Gasteiger partial charge on any atom is -0.479 e. The number of amides is 1. The van der Waals surface area contributed by atoms with Crippen molar-refractivity contribution in [3.8, 4) is 11.8 Å². The largest absolute Gasteiger partial charge is 0.479 e. The van der Waals surface area contributed by atoms with Gasteiger partial charge in [0.2, 0.25) is 5.91 Å². The summed E-state index contributed by atoms with van der Waals surface area (Å²) in [5.41, 5.74) is 0.947. The predicted molar refractivity (Wildman–Crippen MR) is 86.2 cm³/mol. The number of piperidine rings is 1. The highest BCUT2D eigenvalue weighted by atomic mass is 16.5. The van der Waals surface area contributed by atoms with Crippen molar-refractivity contribution in [1.29, 1.82) is 5.26 Å². The molecular weight excluding hydrogens is 276 g/mol. The van der Waals surface area contributed by atoms with Gasteiger partial charge in [0, 0.05) is 18.7 Å². The molecule has 1 aliphatic rings. The summed E-state index contributed by atoms with van der Waals surface area (Å²) in [5.74, 6) is 0.753. The molecule has 0 aromatic heterocycles. The average molecular weight is 298 g/mol. The fraction of sp³-hybridized carbons (Fsp3) is 0.444. The van der Waals surface area contributed by atoms with Gasteiger partial charge < -0.3 is 9.64 Å². The Morgan fingerprint density at radius 2 is 2.18 bits per heavy atom. The Bertz CT molecular complexity index is 557. The number of hydrogen-bond donors (Lipinski definition) is 0. The number of carbonyl (C=O) groups is 1. The first kappa shape index (κ1) is 16.1. The second-order valence-corrected chi connectivity index (χ2v) is 5.44. The molecule has 1 aromatic rings. The van der Waals surface area contributed by atoms with Crippen LogP contribution in [0.25, 0.3) is 6.08 Å². The summed E-state index contributed by atoms with van der Waals surface area (Å²) < 4.78 is 5.20. The summed E-state index contributed by atoms with van der Waals surface area (Å²) in [4.78, 5) is 14.3. The van der Waals surface area contributed by atoms with Crippen molar-refractivity contribution in [2.45, 2.75) is 38.6 Å². The molecule has 1 heterocycles. The minimum absolute atomic E-state index is 0.0427. The Balaban J connectivity index is 1.95. The van der Waals surface area contributed by atoms with E-state index in [0.29, 0.717) is 11.8 Å². The number of benzene rings is 1. The van der Waals surface area contributed by atoms with Gasteiger partial charge in [0.15, 0.2) is 6.61 Å². The molecule has 22 heavy (non-hydrogen) atoms. The van der Waals surface area contributed by atoms with Gasteiger partial charge in [-0.3, -0.25) is 4.79 Å². The van der Waals surface area contributed by atoms with Crippen LogP contribution in [0.2, 0.25) is 0 Å². The van der Waals surface area contributed by atoms with Crippen LogP contribution in [0.15, 0.2) is 30.3 Å². The molecule has 1 aromatic carbocycles. The Morgan fingerprint density at radius 1 is 1.41 bits per heavy atom. The van der Waals surface area contributed by atoms with Crippen molar-refractivity contribution >= 4 is 12.0 Å². The average Bonchev–Trinajstić information content (AvgIpc) is 2.58. The molecule has 1 amide bonds. The summed E-state index contributed by atoms with van der Waals surface area (Å²) in [6, 6.07) is 9.68. The lowest BCUT2D eigenvalue weighted by atomic mass is 10.00. The monoisotopic (exact) mass is 298 g/mol. The fourth-order valence-electron chi connectivity index (χ4n) is 2.77. The Hall–Kier alpha value is -2.28. The second-order valence-electron chi connectivity index (χ2n) is 5.44. The smallest absolute Gasteiger partial charge is 0.246 e. The highest BCUT2D eigenvalue weighted by molar-refractivity contribution is 5.92. The van der Waals surface area contributed by atoms with Crippen molar-refractivity contribution < 1.29 is 9.53 Å². The molecule has 0 spiro atoms. The lowest BCUT2D eigenvalue weighted by Crippen LogP contribution is -2.42. The molecule has 1 fully saturated rings. The number of ether oxygens (including phenoxy) is 1. The third-order valence-electron chi connectivity index (χ3n) is 3.98. The molecule has 4 nitrogen and oxygen atoms in total. The van der Waals surface area contributed by atoms with E-state index in [2.05, 4.69) is 6.92 Å². The number of hydrogen-bond acceptors (Lipinski definition) is 3. The van der Waals surface area contributed by atoms with Gasteiger partial charge in [-0.1, -0.05) is 19.1 Å². The summed E-state index contributed by atoms with van der Waals surface area (Å²) in [7, 11) is 0. The van der Waals surface area contributed by atoms with Gasteiger partial charge in [-0.15, -0.1) is 0 Å². The highest BCUT2D eigenvalue weighted by Crippen LogP contribution is 2.20. The Morgan fingerprint density at radius 3 is 2.86 bits per heavy atom. The maximum absolute atomic E-state index is 12.3. The molecule has 116 valence electrons. The summed E-state index contributed by atoms with van der Waals surface area (Å²) in [5, 5.41) is 8.46. The van der Waals surface area contributed by atoms with Crippen molar-refractivity contribution in [3.63, 3.8) is 0 Å². The van der Waals surface area contributed by atoms with E-state index < -0.39 is 0 Å². The van der Waals surface area contributed by atoms with Gasteiger partial charge in [-0.2, -0.15) is 5.26 Å². The first-order chi connectivity index (χ1) is 10.7. The van der Waals surface area contributed by atoms with Crippen LogP contribution >= 0.6 is 0 Å². The van der Waals surface area contributed by atoms with Gasteiger partial charge in [0.05, 0.1) is 0 Å². The lowest BCUT2D eigenvalue weighted by Gasteiger charge is -2.34. The number of carbonyl (C=O) groups excluding carboxylic acids is 1. The molecule has 4 heteroatoms. The third kappa shape index (κ3) is 4.36. The van der Waals surface area contributed by atoms with Crippen LogP contribution in [-0.4, -0.2) is 30.0 Å². The first-order valence-corrected chi connectivity index (χ1v) is 7.83. The quantitative estimate of drug-likeness (QED) is 0.783. The molecule has 1 saturated heterocycles. The molecule has 0 saturated carbocycles. The predicted octanol–water partition coefficient (Wildman–Crippen LogP) is 3.39. The third-order valence-corrected chi connectivity index (χ3v) is 3.98. The van der Waals surface area contributed by atoms with Crippen LogP contribution in [0, 0.1) is 11.3 Å². The van der Waals surface area contributed by atoms with Crippen molar-refractivity contribution in [1.82, 2.24) is 4.90 Å². The van der Waals surface area contributed by atoms with Gasteiger partial charge in [0.1, 0.15) is 11.8 Å². The van der Waals surface area contributed by atoms with Crippen LogP contribution in [0.3, 0.4) is 0 Å². The molecule has 0 aliphatic carbocycles. The van der Waals surface area contributed by atoms with Gasteiger partial charge in [-0.25, -0.2) is 0 Å². The summed E-state index contributed by atoms with van der Waals surface area (Å²) in [6.45, 7) is 3.05. The SMILES string of the molecule is CCC1CCCCN1C(=O)/C=C/c1ccc(OCC#N)cc1. The van der Waals surface area contributed by atoms with E-state index >= 15 is 0 Å². The highest BCUT2D eigenvalue weighted by Gasteiger charge is 2.23. The normalized spacial score (nSPS) is 18.2. The van der Waals surface area contributed by atoms with Gasteiger partial charge in [-0.05, 0) is 49.5 Å². The molecule has 2 rings (SSSR count). The maximum Gasteiger partial charge on any atom is 0.246 e. The van der Waals surface area contributed by atoms with Crippen molar-refractivity contribution in [3.05, 3.63) is 35.9 Å². The van der Waals surface area contributed by atoms with Crippen LogP contribution < -0.4 is 4.74 Å². The molecule has 1 aliphatic heterocycles. The van der Waals surface area contributed by atoms with Crippen molar-refractivity contribution in [2.75, 3.05) is 13.2 Å². The van der Waals surface area contributed by atoms with Crippen LogP contribution in [0.5, 0.6) is 5.75 Å². The van der Waals surface area contributed by atoms with Gasteiger partial charge >= 0.3 is 0 Å². The maximum atomic E-state index is 12.3. The van der Waals surface area contributed by atoms with Crippen LogP contribution in [0.1, 0.15) is 38.2 Å². The van der Waals surface area contributed by atoms with E-state index in [1.807, 2.05) is 29.2 Å². The topological polar surface area (TPSA) is 53.3 Å². The second kappa shape index (κ2) is 8.23. The molecule has 0 bridgehead atoms. The summed E-state index contributed by atoms with van der Waals surface area (Å²) >= 11 is 0. The van der Waals surface area contributed by atoms with E-state index in [-0.39, 0.29) is 12.5 Å². The van der Waals surface area contributed by atoms with Crippen LogP contribution in [0.4, 0.5) is 0 Å². The molecule has 1 unspecified atom stereocenters. The van der Waals surface area contributed by atoms with Crippen molar-refractivity contribution in [2.24, 2.45) is 0 Å². The molecular formula is C18H22N2O2. The fourth-order valence-corrected chi connectivity index (χ4v) is 2.77. The number of nitrogens with zero attached hydrogens (tertiary/aromatic N) is 2. The molecule has 1 atom stereocenters. The minimum atomic E-state index is 0.0427. The van der Waals surface area contributed by atoms with E-state index in [1.54, 1.807) is 18.2 Å². The number of nitriles is 1. The van der Waals surface area contributed by atoms with E-state index in [0.717, 1.165) is 31.4 Å². The zero-order valence-corrected chi connectivity index (χ0v) is 13.0. The standard InChI is InChI=1S/C18H22N2O2/c1-2-16-5-3-4-13-20(16)18(21)11-8-15-6-9-17(10-7-15)22-14-12-19/h6-11,16H,2-5,13-14H2,1H3/b11-8+. The lowest BCUT2D eigenvalue weighted by molar-refractivity contribution is -0.129. The molecule has 0 radical (unpaired) electrons. The number of rotatable bonds is 5. The molecule has 0 N–H and O–H groups in total. The Kier molecular flexibility index (Phi) is 6.02.